The summed E-state index contributed by atoms with van der Waals surface area (Å²) in [6, 6.07) is -0.107. The van der Waals surface area contributed by atoms with Gasteiger partial charge in [-0.15, -0.1) is 0 Å². The molecular weight excluding hydrogens is 254 g/mol. The first-order chi connectivity index (χ1) is 9.36. The predicted molar refractivity (Wildman–Crippen MR) is 76.4 cm³/mol. The maximum Gasteiger partial charge on any atom is 0.128 e. The number of benzene rings is 1. The lowest BCUT2D eigenvalue weighted by atomic mass is 9.72. The molecule has 20 heavy (non-hydrogen) atoms. The fourth-order valence-corrected chi connectivity index (χ4v) is 3.57. The second kappa shape index (κ2) is 4.37. The highest BCUT2D eigenvalue weighted by Crippen LogP contribution is 2.54. The zero-order chi connectivity index (χ0) is 14.7. The summed E-state index contributed by atoms with van der Waals surface area (Å²) in [7, 11) is 1.68. The molecule has 0 bridgehead atoms. The van der Waals surface area contributed by atoms with E-state index < -0.39 is 0 Å². The van der Waals surface area contributed by atoms with E-state index in [0.717, 1.165) is 47.3 Å². The number of phenols is 1. The van der Waals surface area contributed by atoms with Crippen LogP contribution in [0.2, 0.25) is 0 Å². The molecule has 1 aliphatic carbocycles. The van der Waals surface area contributed by atoms with E-state index in [4.69, 9.17) is 4.74 Å². The van der Waals surface area contributed by atoms with E-state index >= 15 is 0 Å². The molecule has 0 radical (unpaired) electrons. The first kappa shape index (κ1) is 13.7. The lowest BCUT2D eigenvalue weighted by Crippen LogP contribution is -2.49. The van der Waals surface area contributed by atoms with Crippen molar-refractivity contribution in [2.24, 2.45) is 0 Å². The number of hydrogen-bond acceptors (Lipinski definition) is 4. The molecule has 0 aromatic heterocycles. The Balaban J connectivity index is 2.21. The molecule has 1 unspecified atom stereocenters. The molecule has 1 spiro atoms. The van der Waals surface area contributed by atoms with E-state index in [9.17, 15) is 10.3 Å². The van der Waals surface area contributed by atoms with Crippen LogP contribution in [0.5, 0.6) is 11.5 Å². The summed E-state index contributed by atoms with van der Waals surface area (Å²) in [5, 5.41) is 21.6. The molecule has 1 saturated carbocycles. The Labute approximate surface area is 119 Å². The number of nitrogens with zero attached hydrogens (tertiary/aromatic N) is 1. The van der Waals surface area contributed by atoms with Gasteiger partial charge in [0, 0.05) is 19.0 Å². The number of fused-ring (bicyclic) bond motifs is 1. The van der Waals surface area contributed by atoms with Crippen LogP contribution in [-0.4, -0.2) is 28.0 Å². The van der Waals surface area contributed by atoms with Crippen LogP contribution in [-0.2, 0) is 0 Å². The van der Waals surface area contributed by atoms with Crippen LogP contribution in [0.4, 0.5) is 0 Å². The first-order valence-corrected chi connectivity index (χ1v) is 7.29. The van der Waals surface area contributed by atoms with Gasteiger partial charge in [0.15, 0.2) is 0 Å². The van der Waals surface area contributed by atoms with E-state index in [-0.39, 0.29) is 11.6 Å². The summed E-state index contributed by atoms with van der Waals surface area (Å²) >= 11 is 0. The van der Waals surface area contributed by atoms with Gasteiger partial charge < -0.3 is 15.1 Å². The third kappa shape index (κ3) is 1.75. The fourth-order valence-electron chi connectivity index (χ4n) is 3.57. The number of rotatable bonds is 1. The lowest BCUT2D eigenvalue weighted by molar-refractivity contribution is -0.145. The van der Waals surface area contributed by atoms with E-state index in [1.54, 1.807) is 7.05 Å². The molecule has 1 atom stereocenters. The molecular formula is C16H23NO3. The van der Waals surface area contributed by atoms with Gasteiger partial charge in [0.05, 0.1) is 6.04 Å². The third-order valence-corrected chi connectivity index (χ3v) is 5.20. The van der Waals surface area contributed by atoms with Gasteiger partial charge >= 0.3 is 0 Å². The van der Waals surface area contributed by atoms with Crippen molar-refractivity contribution in [3.63, 3.8) is 0 Å². The van der Waals surface area contributed by atoms with Crippen LogP contribution in [0.3, 0.4) is 0 Å². The van der Waals surface area contributed by atoms with E-state index in [2.05, 4.69) is 0 Å². The minimum Gasteiger partial charge on any atom is -0.507 e. The van der Waals surface area contributed by atoms with Gasteiger partial charge in [-0.25, -0.2) is 0 Å². The van der Waals surface area contributed by atoms with Crippen molar-refractivity contribution >= 4 is 0 Å². The molecule has 3 rings (SSSR count). The van der Waals surface area contributed by atoms with Crippen LogP contribution < -0.4 is 4.74 Å². The van der Waals surface area contributed by atoms with Crippen LogP contribution in [0, 0.1) is 20.8 Å². The zero-order valence-corrected chi connectivity index (χ0v) is 12.7. The molecule has 110 valence electrons. The maximum atomic E-state index is 10.3. The highest BCUT2D eigenvalue weighted by molar-refractivity contribution is 5.59. The fraction of sp³-hybridized carbons (Fsp3) is 0.625. The number of phenolic OH excluding ortho intramolecular Hbond substituents is 1. The minimum atomic E-state index is -0.116. The van der Waals surface area contributed by atoms with Gasteiger partial charge in [-0.2, -0.15) is 5.06 Å². The molecule has 1 aromatic carbocycles. The highest BCUT2D eigenvalue weighted by Gasteiger charge is 2.48. The van der Waals surface area contributed by atoms with Gasteiger partial charge in [-0.3, -0.25) is 0 Å². The molecule has 1 aromatic rings. The summed E-state index contributed by atoms with van der Waals surface area (Å²) in [6.07, 6.45) is 4.08. The molecule has 1 fully saturated rings. The standard InChI is InChI=1S/C16H23NO3/c1-9-10(2)15-13(11(3)14(9)18)12(17(4)19)8-16(20-15)6-5-7-16/h12,18-19H,5-8H2,1-4H3. The van der Waals surface area contributed by atoms with Gasteiger partial charge in [0.25, 0.3) is 0 Å². The van der Waals surface area contributed by atoms with Gasteiger partial charge in [-0.1, -0.05) is 0 Å². The van der Waals surface area contributed by atoms with Crippen LogP contribution in [0.1, 0.15) is 54.0 Å². The first-order valence-electron chi connectivity index (χ1n) is 7.29. The van der Waals surface area contributed by atoms with E-state index in [0.29, 0.717) is 5.75 Å². The largest absolute Gasteiger partial charge is 0.507 e. The third-order valence-electron chi connectivity index (χ3n) is 5.20. The van der Waals surface area contributed by atoms with Gasteiger partial charge in [0.2, 0.25) is 0 Å². The lowest BCUT2D eigenvalue weighted by Gasteiger charge is -2.49. The second-order valence-electron chi connectivity index (χ2n) is 6.40. The summed E-state index contributed by atoms with van der Waals surface area (Å²) < 4.78 is 6.33. The smallest absolute Gasteiger partial charge is 0.128 e. The quantitative estimate of drug-likeness (QED) is 0.773. The van der Waals surface area contributed by atoms with Crippen molar-refractivity contribution in [2.45, 2.75) is 58.1 Å². The predicted octanol–water partition coefficient (Wildman–Crippen LogP) is 3.38. The average molecular weight is 277 g/mol. The van der Waals surface area contributed by atoms with Crippen LogP contribution in [0.15, 0.2) is 0 Å². The number of ether oxygens (including phenoxy) is 1. The Morgan fingerprint density at radius 1 is 1.15 bits per heavy atom. The van der Waals surface area contributed by atoms with Crippen molar-refractivity contribution in [3.05, 3.63) is 22.3 Å². The van der Waals surface area contributed by atoms with Gasteiger partial charge in [-0.05, 0) is 56.7 Å². The zero-order valence-electron chi connectivity index (χ0n) is 12.7. The summed E-state index contributed by atoms with van der Waals surface area (Å²) in [6.45, 7) is 5.81. The van der Waals surface area contributed by atoms with Crippen LogP contribution >= 0.6 is 0 Å². The number of hydrogen-bond donors (Lipinski definition) is 2. The highest BCUT2D eigenvalue weighted by atomic mass is 16.5. The maximum absolute atomic E-state index is 10.3. The van der Waals surface area contributed by atoms with Gasteiger partial charge in [0.1, 0.15) is 17.1 Å². The Bertz CT molecular complexity index is 562. The minimum absolute atomic E-state index is 0.107. The van der Waals surface area contributed by atoms with Crippen molar-refractivity contribution < 1.29 is 15.1 Å². The Kier molecular flexibility index (Phi) is 2.99. The molecule has 4 heteroatoms. The Morgan fingerprint density at radius 2 is 1.80 bits per heavy atom. The molecule has 1 aliphatic heterocycles. The molecule has 4 nitrogen and oxygen atoms in total. The monoisotopic (exact) mass is 277 g/mol. The SMILES string of the molecule is Cc1c(C)c2c(c(C)c1O)C(N(C)O)CC1(CCC1)O2. The second-order valence-corrected chi connectivity index (χ2v) is 6.40. The van der Waals surface area contributed by atoms with Crippen LogP contribution in [0.25, 0.3) is 0 Å². The average Bonchev–Trinajstić information content (AvgIpc) is 2.39. The summed E-state index contributed by atoms with van der Waals surface area (Å²) in [5.74, 6) is 1.19. The summed E-state index contributed by atoms with van der Waals surface area (Å²) in [4.78, 5) is 0. The van der Waals surface area contributed by atoms with Crippen molar-refractivity contribution in [1.82, 2.24) is 5.06 Å². The van der Waals surface area contributed by atoms with Crippen molar-refractivity contribution in [2.75, 3.05) is 7.05 Å². The molecule has 1 heterocycles. The molecule has 0 saturated heterocycles. The normalized spacial score (nSPS) is 23.4. The molecule has 0 amide bonds. The molecule has 2 aliphatic rings. The summed E-state index contributed by atoms with van der Waals surface area (Å²) in [5.41, 5.74) is 3.50. The Hall–Kier alpha value is -1.26. The van der Waals surface area contributed by atoms with Crippen molar-refractivity contribution in [1.29, 1.82) is 0 Å². The molecule has 2 N–H and O–H groups in total. The van der Waals surface area contributed by atoms with E-state index in [1.165, 1.54) is 11.5 Å². The van der Waals surface area contributed by atoms with Crippen molar-refractivity contribution in [3.8, 4) is 11.5 Å². The topological polar surface area (TPSA) is 52.9 Å². The van der Waals surface area contributed by atoms with E-state index in [1.807, 2.05) is 20.8 Å². The Morgan fingerprint density at radius 3 is 2.30 bits per heavy atom. The number of hydroxylamine groups is 2. The number of aromatic hydroxyl groups is 1.